The maximum atomic E-state index is 10.5. The van der Waals surface area contributed by atoms with Crippen LogP contribution in [-0.2, 0) is 9.63 Å². The number of oxime groups is 1. The molecule has 0 heterocycles. The number of carbonyl (C=O) groups is 1. The molecule has 5 atom stereocenters. The van der Waals surface area contributed by atoms with Gasteiger partial charge in [-0.2, -0.15) is 0 Å². The topological polar surface area (TPSA) is 99.4 Å². The van der Waals surface area contributed by atoms with E-state index in [1.807, 2.05) is 12.2 Å². The number of aliphatic hydroxyl groups is 2. The predicted octanol–water partition coefficient (Wildman–Crippen LogP) is 4.30. The molecule has 0 amide bonds. The van der Waals surface area contributed by atoms with Crippen LogP contribution in [0.4, 0.5) is 0 Å². The summed E-state index contributed by atoms with van der Waals surface area (Å²) in [5.74, 6) is -0.285. The van der Waals surface area contributed by atoms with Gasteiger partial charge in [0.1, 0.15) is 6.61 Å². The highest BCUT2D eigenvalue weighted by atomic mass is 16.6. The van der Waals surface area contributed by atoms with Crippen molar-refractivity contribution in [1.82, 2.24) is 0 Å². The SMILES string of the molecule is CCCCCCCCCC(O)C=CC1C[C@@H]2C(=NOCCCC(=O)O)C[C@H]2C1O. The molecule has 2 fully saturated rings. The van der Waals surface area contributed by atoms with E-state index in [0.29, 0.717) is 13.0 Å². The fourth-order valence-electron chi connectivity index (χ4n) is 4.43. The van der Waals surface area contributed by atoms with Gasteiger partial charge < -0.3 is 20.2 Å². The first-order valence-corrected chi connectivity index (χ1v) is 11.5. The van der Waals surface area contributed by atoms with Gasteiger partial charge in [-0.05, 0) is 31.6 Å². The number of hydrogen-bond donors (Lipinski definition) is 3. The Labute approximate surface area is 175 Å². The fourth-order valence-corrected chi connectivity index (χ4v) is 4.43. The molecule has 2 rings (SSSR count). The molecule has 2 saturated carbocycles. The van der Waals surface area contributed by atoms with Gasteiger partial charge in [-0.1, -0.05) is 69.2 Å². The van der Waals surface area contributed by atoms with E-state index in [1.165, 1.54) is 38.5 Å². The Morgan fingerprint density at radius 3 is 2.66 bits per heavy atom. The van der Waals surface area contributed by atoms with Crippen molar-refractivity contribution in [2.24, 2.45) is 22.9 Å². The van der Waals surface area contributed by atoms with Crippen molar-refractivity contribution in [3.8, 4) is 0 Å². The van der Waals surface area contributed by atoms with Crippen LogP contribution in [0, 0.1) is 17.8 Å². The van der Waals surface area contributed by atoms with Crippen molar-refractivity contribution in [3.63, 3.8) is 0 Å². The highest BCUT2D eigenvalue weighted by Crippen LogP contribution is 2.48. The van der Waals surface area contributed by atoms with Crippen LogP contribution >= 0.6 is 0 Å². The van der Waals surface area contributed by atoms with Gasteiger partial charge in [0.2, 0.25) is 0 Å². The lowest BCUT2D eigenvalue weighted by molar-refractivity contribution is -0.137. The molecule has 0 aliphatic heterocycles. The molecule has 3 N–H and O–H groups in total. The number of aliphatic carboxylic acids is 1. The molecular weight excluding hydrogens is 370 g/mol. The summed E-state index contributed by atoms with van der Waals surface area (Å²) in [4.78, 5) is 15.7. The summed E-state index contributed by atoms with van der Waals surface area (Å²) in [6.45, 7) is 2.53. The van der Waals surface area contributed by atoms with E-state index in [-0.39, 0.29) is 30.3 Å². The molecule has 0 aromatic carbocycles. The van der Waals surface area contributed by atoms with Crippen LogP contribution in [-0.4, -0.2) is 45.8 Å². The number of carboxylic acids is 1. The quantitative estimate of drug-likeness (QED) is 0.213. The predicted molar refractivity (Wildman–Crippen MR) is 114 cm³/mol. The molecule has 3 unspecified atom stereocenters. The first-order chi connectivity index (χ1) is 14.0. The Morgan fingerprint density at radius 1 is 1.21 bits per heavy atom. The van der Waals surface area contributed by atoms with Gasteiger partial charge in [-0.15, -0.1) is 0 Å². The van der Waals surface area contributed by atoms with Crippen molar-refractivity contribution >= 4 is 11.7 Å². The van der Waals surface area contributed by atoms with Crippen LogP contribution < -0.4 is 0 Å². The third kappa shape index (κ3) is 8.09. The van der Waals surface area contributed by atoms with Gasteiger partial charge in [0.05, 0.1) is 17.9 Å². The lowest BCUT2D eigenvalue weighted by Gasteiger charge is -2.33. The van der Waals surface area contributed by atoms with Crippen molar-refractivity contribution in [3.05, 3.63) is 12.2 Å². The van der Waals surface area contributed by atoms with Crippen molar-refractivity contribution < 1.29 is 25.0 Å². The number of nitrogens with zero attached hydrogens (tertiary/aromatic N) is 1. The molecule has 2 aliphatic rings. The highest BCUT2D eigenvalue weighted by molar-refractivity contribution is 5.93. The molecule has 166 valence electrons. The molecule has 0 spiro atoms. The molecule has 6 heteroatoms. The van der Waals surface area contributed by atoms with Gasteiger partial charge in [0, 0.05) is 18.3 Å². The second-order valence-electron chi connectivity index (χ2n) is 8.64. The van der Waals surface area contributed by atoms with E-state index in [1.54, 1.807) is 0 Å². The smallest absolute Gasteiger partial charge is 0.303 e. The third-order valence-corrected chi connectivity index (χ3v) is 6.29. The molecule has 2 aliphatic carbocycles. The molecule has 29 heavy (non-hydrogen) atoms. The summed E-state index contributed by atoms with van der Waals surface area (Å²) < 4.78 is 0. The third-order valence-electron chi connectivity index (χ3n) is 6.29. The molecular formula is C23H39NO5. The summed E-state index contributed by atoms with van der Waals surface area (Å²) in [6, 6.07) is 0. The Bertz CT molecular complexity index is 547. The number of hydrogen-bond acceptors (Lipinski definition) is 5. The zero-order valence-electron chi connectivity index (χ0n) is 17.8. The van der Waals surface area contributed by atoms with E-state index in [9.17, 15) is 15.0 Å². The van der Waals surface area contributed by atoms with Crippen LogP contribution in [0.2, 0.25) is 0 Å². The standard InChI is InChI=1S/C23H39NO5/c1-2-3-4-5-6-7-8-10-18(25)13-12-17-15-19-20(23(17)28)16-21(19)24-29-14-9-11-22(26)27/h12-13,17-20,23,25,28H,2-11,14-16H2,1H3,(H,26,27)/t17?,18?,19-,20+,23?/m0/s1. The molecule has 0 saturated heterocycles. The van der Waals surface area contributed by atoms with E-state index in [4.69, 9.17) is 9.94 Å². The van der Waals surface area contributed by atoms with Crippen molar-refractivity contribution in [2.45, 2.75) is 96.2 Å². The van der Waals surface area contributed by atoms with Crippen LogP contribution in [0.3, 0.4) is 0 Å². The molecule has 0 radical (unpaired) electrons. The lowest BCUT2D eigenvalue weighted by atomic mass is 9.73. The Hall–Kier alpha value is -1.40. The average molecular weight is 410 g/mol. The largest absolute Gasteiger partial charge is 0.481 e. The van der Waals surface area contributed by atoms with E-state index < -0.39 is 12.1 Å². The summed E-state index contributed by atoms with van der Waals surface area (Å²) in [7, 11) is 0. The summed E-state index contributed by atoms with van der Waals surface area (Å²) in [5, 5.41) is 33.4. The first kappa shape index (κ1) is 23.9. The van der Waals surface area contributed by atoms with Gasteiger partial charge in [0.25, 0.3) is 0 Å². The monoisotopic (exact) mass is 409 g/mol. The van der Waals surface area contributed by atoms with Crippen LogP contribution in [0.25, 0.3) is 0 Å². The molecule has 0 aromatic heterocycles. The number of carboxylic acid groups (broad SMARTS) is 1. The van der Waals surface area contributed by atoms with Crippen LogP contribution in [0.1, 0.15) is 84.0 Å². The summed E-state index contributed by atoms with van der Waals surface area (Å²) in [6.07, 6.45) is 14.6. The van der Waals surface area contributed by atoms with Gasteiger partial charge in [0.15, 0.2) is 0 Å². The average Bonchev–Trinajstić information content (AvgIpc) is 2.92. The zero-order valence-corrected chi connectivity index (χ0v) is 17.8. The Balaban J connectivity index is 1.62. The van der Waals surface area contributed by atoms with Crippen molar-refractivity contribution in [1.29, 1.82) is 0 Å². The first-order valence-electron chi connectivity index (χ1n) is 11.5. The zero-order chi connectivity index (χ0) is 21.1. The van der Waals surface area contributed by atoms with Crippen molar-refractivity contribution in [2.75, 3.05) is 6.61 Å². The van der Waals surface area contributed by atoms with Crippen LogP contribution in [0.15, 0.2) is 17.3 Å². The number of aliphatic hydroxyl groups excluding tert-OH is 2. The number of rotatable bonds is 15. The van der Waals surface area contributed by atoms with Gasteiger partial charge >= 0.3 is 5.97 Å². The Morgan fingerprint density at radius 2 is 1.93 bits per heavy atom. The molecule has 0 aromatic rings. The minimum Gasteiger partial charge on any atom is -0.481 e. The maximum Gasteiger partial charge on any atom is 0.303 e. The second kappa shape index (κ2) is 13.0. The Kier molecular flexibility index (Phi) is 10.7. The molecule has 6 nitrogen and oxygen atoms in total. The molecule has 0 bridgehead atoms. The normalized spacial score (nSPS) is 28.4. The minimum absolute atomic E-state index is 0.0633. The number of unbranched alkanes of at least 4 members (excludes halogenated alkanes) is 6. The van der Waals surface area contributed by atoms with Crippen LogP contribution in [0.5, 0.6) is 0 Å². The summed E-state index contributed by atoms with van der Waals surface area (Å²) >= 11 is 0. The van der Waals surface area contributed by atoms with E-state index >= 15 is 0 Å². The minimum atomic E-state index is -0.826. The maximum absolute atomic E-state index is 10.5. The lowest BCUT2D eigenvalue weighted by Crippen LogP contribution is -2.38. The van der Waals surface area contributed by atoms with Gasteiger partial charge in [-0.25, -0.2) is 0 Å². The summed E-state index contributed by atoms with van der Waals surface area (Å²) in [5.41, 5.74) is 0.976. The van der Waals surface area contributed by atoms with Gasteiger partial charge in [-0.3, -0.25) is 4.79 Å². The highest BCUT2D eigenvalue weighted by Gasteiger charge is 2.51. The fraction of sp³-hybridized carbons (Fsp3) is 0.826. The van der Waals surface area contributed by atoms with E-state index in [0.717, 1.165) is 31.4 Å². The van der Waals surface area contributed by atoms with E-state index in [2.05, 4.69) is 12.1 Å². The second-order valence-corrected chi connectivity index (χ2v) is 8.64. The number of fused-ring (bicyclic) bond motifs is 1.